The number of carbonyl (C=O) groups excluding carboxylic acids is 3. The summed E-state index contributed by atoms with van der Waals surface area (Å²) in [6.45, 7) is -0.0866. The van der Waals surface area contributed by atoms with Gasteiger partial charge in [0.25, 0.3) is 11.8 Å². The van der Waals surface area contributed by atoms with Crippen molar-refractivity contribution in [2.45, 2.75) is 30.6 Å². The molecule has 2 amide bonds. The van der Waals surface area contributed by atoms with Gasteiger partial charge in [-0.2, -0.15) is 0 Å². The molecular formula is C28H28N2O7. The van der Waals surface area contributed by atoms with Crippen LogP contribution in [0.3, 0.4) is 0 Å². The van der Waals surface area contributed by atoms with Crippen LogP contribution in [0.2, 0.25) is 0 Å². The van der Waals surface area contributed by atoms with Crippen molar-refractivity contribution in [2.24, 2.45) is 0 Å². The molecule has 0 bridgehead atoms. The molecule has 3 aromatic carbocycles. The summed E-state index contributed by atoms with van der Waals surface area (Å²) in [6, 6.07) is 24.4. The number of aliphatic hydroxyl groups excluding tert-OH is 1. The van der Waals surface area contributed by atoms with E-state index >= 15 is 0 Å². The van der Waals surface area contributed by atoms with Gasteiger partial charge in [0.15, 0.2) is 12.4 Å². The van der Waals surface area contributed by atoms with Crippen LogP contribution >= 0.6 is 0 Å². The summed E-state index contributed by atoms with van der Waals surface area (Å²) >= 11 is 0. The monoisotopic (exact) mass is 504 g/mol. The quantitative estimate of drug-likeness (QED) is 0.402. The van der Waals surface area contributed by atoms with E-state index in [4.69, 9.17) is 14.2 Å². The fourth-order valence-corrected chi connectivity index (χ4v) is 4.14. The Morgan fingerprint density at radius 2 is 1.30 bits per heavy atom. The van der Waals surface area contributed by atoms with Gasteiger partial charge in [0.05, 0.1) is 5.56 Å². The van der Waals surface area contributed by atoms with E-state index in [2.05, 4.69) is 10.6 Å². The first kappa shape index (κ1) is 26.0. The number of hydrogen-bond donors (Lipinski definition) is 3. The molecule has 3 aromatic rings. The number of nitrogens with one attached hydrogen (secondary N) is 2. The third-order valence-electron chi connectivity index (χ3n) is 6.02. The molecule has 3 N–H and O–H groups in total. The number of ether oxygens (including phenoxy) is 3. The number of methoxy groups -OCH3 is 1. The Hall–Kier alpha value is -4.05. The number of hydrogen-bond acceptors (Lipinski definition) is 7. The molecule has 1 saturated heterocycles. The summed E-state index contributed by atoms with van der Waals surface area (Å²) in [7, 11) is 1.38. The number of aliphatic hydroxyl groups is 1. The highest BCUT2D eigenvalue weighted by Crippen LogP contribution is 2.26. The maximum Gasteiger partial charge on any atom is 0.338 e. The molecule has 1 fully saturated rings. The fraction of sp³-hybridized carbons (Fsp3) is 0.250. The third kappa shape index (κ3) is 6.39. The molecule has 37 heavy (non-hydrogen) atoms. The van der Waals surface area contributed by atoms with Crippen LogP contribution in [0.1, 0.15) is 31.1 Å². The Kier molecular flexibility index (Phi) is 8.63. The second-order valence-corrected chi connectivity index (χ2v) is 8.44. The molecule has 0 aliphatic carbocycles. The van der Waals surface area contributed by atoms with Crippen LogP contribution < -0.4 is 10.6 Å². The van der Waals surface area contributed by atoms with Crippen molar-refractivity contribution in [2.75, 3.05) is 13.7 Å². The number of carbonyl (C=O) groups is 3. The zero-order valence-electron chi connectivity index (χ0n) is 20.2. The molecule has 0 aromatic heterocycles. The van der Waals surface area contributed by atoms with E-state index in [0.29, 0.717) is 16.7 Å². The van der Waals surface area contributed by atoms with Gasteiger partial charge >= 0.3 is 5.97 Å². The third-order valence-corrected chi connectivity index (χ3v) is 6.02. The molecule has 4 rings (SSSR count). The molecule has 1 aliphatic heterocycles. The van der Waals surface area contributed by atoms with Crippen LogP contribution in [-0.4, -0.2) is 67.2 Å². The lowest BCUT2D eigenvalue weighted by atomic mass is 9.95. The van der Waals surface area contributed by atoms with E-state index < -0.39 is 42.5 Å². The highest BCUT2D eigenvalue weighted by molar-refractivity contribution is 5.95. The molecule has 1 aliphatic rings. The Labute approximate surface area is 214 Å². The van der Waals surface area contributed by atoms with Crippen molar-refractivity contribution in [1.29, 1.82) is 0 Å². The van der Waals surface area contributed by atoms with Gasteiger partial charge in [-0.15, -0.1) is 0 Å². The van der Waals surface area contributed by atoms with Crippen molar-refractivity contribution in [1.82, 2.24) is 10.6 Å². The lowest BCUT2D eigenvalue weighted by Gasteiger charge is -2.44. The maximum atomic E-state index is 12.9. The highest BCUT2D eigenvalue weighted by atomic mass is 16.6. The molecule has 5 atom stereocenters. The highest BCUT2D eigenvalue weighted by Gasteiger charge is 2.48. The normalized spacial score (nSPS) is 23.0. The first-order valence-corrected chi connectivity index (χ1v) is 11.8. The van der Waals surface area contributed by atoms with Crippen molar-refractivity contribution >= 4 is 17.8 Å². The number of amides is 2. The maximum absolute atomic E-state index is 12.9. The molecule has 0 radical (unpaired) electrons. The van der Waals surface area contributed by atoms with Gasteiger partial charge in [0, 0.05) is 24.8 Å². The average molecular weight is 505 g/mol. The topological polar surface area (TPSA) is 123 Å². The Balaban J connectivity index is 1.55. The van der Waals surface area contributed by atoms with E-state index in [1.807, 2.05) is 0 Å². The minimum atomic E-state index is -1.50. The van der Waals surface area contributed by atoms with Gasteiger partial charge in [0.1, 0.15) is 18.2 Å². The molecule has 9 nitrogen and oxygen atoms in total. The molecule has 0 spiro atoms. The molecule has 192 valence electrons. The minimum Gasteiger partial charge on any atom is -0.453 e. The zero-order valence-corrected chi connectivity index (χ0v) is 20.2. The number of benzene rings is 3. The van der Waals surface area contributed by atoms with E-state index in [9.17, 15) is 19.5 Å². The molecule has 1 unspecified atom stereocenters. The second-order valence-electron chi connectivity index (χ2n) is 8.44. The predicted octanol–water partition coefficient (Wildman–Crippen LogP) is 2.17. The average Bonchev–Trinajstić information content (AvgIpc) is 2.95. The summed E-state index contributed by atoms with van der Waals surface area (Å²) < 4.78 is 17.2. The summed E-state index contributed by atoms with van der Waals surface area (Å²) in [5.74, 6) is -1.46. The lowest BCUT2D eigenvalue weighted by molar-refractivity contribution is -0.248. The Bertz CT molecular complexity index is 1190. The van der Waals surface area contributed by atoms with Crippen LogP contribution in [0.25, 0.3) is 0 Å². The van der Waals surface area contributed by atoms with E-state index in [-0.39, 0.29) is 12.5 Å². The van der Waals surface area contributed by atoms with Gasteiger partial charge in [-0.1, -0.05) is 54.6 Å². The van der Waals surface area contributed by atoms with Crippen LogP contribution in [0.5, 0.6) is 0 Å². The molecule has 1 heterocycles. The van der Waals surface area contributed by atoms with Crippen LogP contribution in [0, 0.1) is 0 Å². The number of rotatable bonds is 8. The van der Waals surface area contributed by atoms with Gasteiger partial charge in [-0.25, -0.2) is 4.79 Å². The Morgan fingerprint density at radius 3 is 1.84 bits per heavy atom. The van der Waals surface area contributed by atoms with Gasteiger partial charge in [0.2, 0.25) is 0 Å². The van der Waals surface area contributed by atoms with Crippen molar-refractivity contribution in [3.8, 4) is 0 Å². The lowest BCUT2D eigenvalue weighted by Crippen LogP contribution is -2.66. The zero-order chi connectivity index (χ0) is 26.2. The summed E-state index contributed by atoms with van der Waals surface area (Å²) in [5.41, 5.74) is 1.12. The summed E-state index contributed by atoms with van der Waals surface area (Å²) in [5, 5.41) is 16.3. The van der Waals surface area contributed by atoms with Gasteiger partial charge in [-0.05, 0) is 36.4 Å². The second kappa shape index (κ2) is 12.3. The van der Waals surface area contributed by atoms with Crippen LogP contribution in [0.15, 0.2) is 91.0 Å². The van der Waals surface area contributed by atoms with Crippen LogP contribution in [0.4, 0.5) is 0 Å². The van der Waals surface area contributed by atoms with Crippen molar-refractivity contribution in [3.63, 3.8) is 0 Å². The number of esters is 1. The SMILES string of the molecule is CO[C@@H]1C(NC(=O)c2ccccc2)[C@H](O)O[C@H](CNC(=O)c2ccccc2)[C@@H]1OC(=O)c1ccccc1. The minimum absolute atomic E-state index is 0.0866. The van der Waals surface area contributed by atoms with Crippen molar-refractivity contribution in [3.05, 3.63) is 108 Å². The smallest absolute Gasteiger partial charge is 0.338 e. The van der Waals surface area contributed by atoms with Crippen LogP contribution in [-0.2, 0) is 14.2 Å². The summed E-state index contributed by atoms with van der Waals surface area (Å²) in [6.07, 6.45) is -4.52. The van der Waals surface area contributed by atoms with E-state index in [1.54, 1.807) is 91.0 Å². The fourth-order valence-electron chi connectivity index (χ4n) is 4.14. The summed E-state index contributed by atoms with van der Waals surface area (Å²) in [4.78, 5) is 38.4. The van der Waals surface area contributed by atoms with Crippen molar-refractivity contribution < 1.29 is 33.7 Å². The largest absolute Gasteiger partial charge is 0.453 e. The first-order valence-electron chi connectivity index (χ1n) is 11.8. The van der Waals surface area contributed by atoms with Gasteiger partial charge < -0.3 is 30.0 Å². The molecule has 0 saturated carbocycles. The van der Waals surface area contributed by atoms with Gasteiger partial charge in [-0.3, -0.25) is 9.59 Å². The molecular weight excluding hydrogens is 476 g/mol. The standard InChI is InChI=1S/C28H28N2O7/c1-35-24-22(30-26(32)19-13-7-3-8-14-19)28(34)36-21(17-29-25(31)18-11-5-2-6-12-18)23(24)37-27(33)20-15-9-4-10-16-20/h2-16,21-24,28,34H,17H2,1H3,(H,29,31)(H,30,32)/t21-,22?,23+,24-,28-/m1/s1. The van der Waals surface area contributed by atoms with E-state index in [0.717, 1.165) is 0 Å². The molecule has 9 heteroatoms. The predicted molar refractivity (Wildman–Crippen MR) is 134 cm³/mol. The Morgan fingerprint density at radius 1 is 0.784 bits per heavy atom. The van der Waals surface area contributed by atoms with E-state index in [1.165, 1.54) is 7.11 Å². The first-order chi connectivity index (χ1) is 18.0.